The minimum atomic E-state index is -3.48. The molecule has 0 bridgehead atoms. The van der Waals surface area contributed by atoms with Crippen LogP contribution in [0.2, 0.25) is 0 Å². The molecule has 2 N–H and O–H groups in total. The van der Waals surface area contributed by atoms with E-state index in [2.05, 4.69) is 20.5 Å². The summed E-state index contributed by atoms with van der Waals surface area (Å²) < 4.78 is 27.3. The molecule has 29 heavy (non-hydrogen) atoms. The van der Waals surface area contributed by atoms with E-state index in [1.165, 1.54) is 34.0 Å². The molecule has 0 radical (unpaired) electrons. The van der Waals surface area contributed by atoms with Gasteiger partial charge in [0.2, 0.25) is 0 Å². The summed E-state index contributed by atoms with van der Waals surface area (Å²) in [5, 5.41) is 10.2. The molecule has 1 aliphatic heterocycles. The first kappa shape index (κ1) is 19.7. The Balaban J connectivity index is 1.47. The molecule has 0 unspecified atom stereocenters. The minimum absolute atomic E-state index is 0.256. The van der Waals surface area contributed by atoms with Crippen molar-refractivity contribution >= 4 is 32.6 Å². The summed E-state index contributed by atoms with van der Waals surface area (Å²) in [7, 11) is -0.456. The fourth-order valence-corrected chi connectivity index (χ4v) is 5.19. The van der Waals surface area contributed by atoms with Crippen molar-refractivity contribution in [1.82, 2.24) is 23.8 Å². The van der Waals surface area contributed by atoms with Gasteiger partial charge in [-0.3, -0.25) is 15.2 Å². The lowest BCUT2D eigenvalue weighted by Crippen LogP contribution is -2.42. The third-order valence-corrected chi connectivity index (χ3v) is 7.48. The van der Waals surface area contributed by atoms with Crippen molar-refractivity contribution in [2.45, 2.75) is 13.0 Å². The lowest BCUT2D eigenvalue weighted by molar-refractivity contribution is 0.102. The maximum Gasteiger partial charge on any atom is 0.281 e. The van der Waals surface area contributed by atoms with Gasteiger partial charge in [0.25, 0.3) is 16.1 Å². The fourth-order valence-electron chi connectivity index (χ4n) is 3.01. The third-order valence-electron chi connectivity index (χ3n) is 4.60. The number of fused-ring (bicyclic) bond motifs is 1. The molecular weight excluding hydrogens is 412 g/mol. The Bertz CT molecular complexity index is 1140. The SMILES string of the molecule is CN(C)S(=O)(=O)N1CCc2nc(NC(=O)c3cc(-c4ccccc4)n[nH]3)sc2C1. The van der Waals surface area contributed by atoms with Crippen molar-refractivity contribution in [1.29, 1.82) is 0 Å². The third kappa shape index (κ3) is 3.94. The average molecular weight is 433 g/mol. The first-order chi connectivity index (χ1) is 13.8. The number of thiazole rings is 1. The van der Waals surface area contributed by atoms with Crippen LogP contribution in [0.1, 0.15) is 21.1 Å². The van der Waals surface area contributed by atoms with Crippen molar-refractivity contribution in [3.05, 3.63) is 52.7 Å². The number of benzene rings is 1. The van der Waals surface area contributed by atoms with Crippen molar-refractivity contribution < 1.29 is 13.2 Å². The molecule has 0 saturated heterocycles. The van der Waals surface area contributed by atoms with Crippen LogP contribution in [0.15, 0.2) is 36.4 Å². The van der Waals surface area contributed by atoms with Crippen LogP contribution in [-0.2, 0) is 23.2 Å². The second kappa shape index (κ2) is 7.67. The van der Waals surface area contributed by atoms with Crippen LogP contribution in [0.5, 0.6) is 0 Å². The number of aromatic nitrogens is 3. The first-order valence-corrected chi connectivity index (χ1v) is 11.1. The number of amides is 1. The predicted molar refractivity (Wildman–Crippen MR) is 111 cm³/mol. The van der Waals surface area contributed by atoms with Gasteiger partial charge >= 0.3 is 0 Å². The lowest BCUT2D eigenvalue weighted by Gasteiger charge is -2.27. The van der Waals surface area contributed by atoms with E-state index in [4.69, 9.17) is 0 Å². The molecule has 0 spiro atoms. The van der Waals surface area contributed by atoms with E-state index in [0.717, 1.165) is 16.1 Å². The summed E-state index contributed by atoms with van der Waals surface area (Å²) in [6, 6.07) is 11.2. The standard InChI is InChI=1S/C18H20N6O3S2/c1-23(2)29(26,27)24-9-8-13-16(11-24)28-18(19-13)20-17(25)15-10-14(21-22-15)12-6-4-3-5-7-12/h3-7,10H,8-9,11H2,1-2H3,(H,21,22)(H,19,20,25). The Hall–Kier alpha value is -2.60. The molecule has 3 heterocycles. The Morgan fingerprint density at radius 1 is 1.28 bits per heavy atom. The lowest BCUT2D eigenvalue weighted by atomic mass is 10.1. The number of nitrogens with one attached hydrogen (secondary N) is 2. The molecule has 1 aromatic carbocycles. The number of hydrogen-bond acceptors (Lipinski definition) is 6. The Labute approximate surface area is 172 Å². The van der Waals surface area contributed by atoms with Crippen LogP contribution in [0, 0.1) is 0 Å². The molecule has 4 rings (SSSR count). The molecule has 11 heteroatoms. The Morgan fingerprint density at radius 2 is 2.03 bits per heavy atom. The van der Waals surface area contributed by atoms with E-state index in [-0.39, 0.29) is 12.5 Å². The van der Waals surface area contributed by atoms with Crippen molar-refractivity contribution in [3.63, 3.8) is 0 Å². The van der Waals surface area contributed by atoms with Crippen LogP contribution in [0.25, 0.3) is 11.3 Å². The molecule has 0 fully saturated rings. The van der Waals surface area contributed by atoms with Gasteiger partial charge in [-0.1, -0.05) is 30.3 Å². The first-order valence-electron chi connectivity index (χ1n) is 8.93. The monoisotopic (exact) mass is 432 g/mol. The van der Waals surface area contributed by atoms with Crippen LogP contribution in [0.3, 0.4) is 0 Å². The zero-order valence-corrected chi connectivity index (χ0v) is 17.5. The molecule has 9 nitrogen and oxygen atoms in total. The molecule has 0 atom stereocenters. The van der Waals surface area contributed by atoms with Crippen LogP contribution in [-0.4, -0.2) is 58.8 Å². The summed E-state index contributed by atoms with van der Waals surface area (Å²) in [4.78, 5) is 17.9. The van der Waals surface area contributed by atoms with Gasteiger partial charge in [0.1, 0.15) is 5.69 Å². The van der Waals surface area contributed by atoms with Gasteiger partial charge in [0.15, 0.2) is 5.13 Å². The normalized spacial score (nSPS) is 14.7. The van der Waals surface area contributed by atoms with E-state index < -0.39 is 10.2 Å². The number of carbonyl (C=O) groups excluding carboxylic acids is 1. The Morgan fingerprint density at radius 3 is 2.76 bits per heavy atom. The molecule has 1 amide bonds. The Kier molecular flexibility index (Phi) is 5.21. The van der Waals surface area contributed by atoms with Gasteiger partial charge in [0, 0.05) is 37.5 Å². The van der Waals surface area contributed by atoms with Gasteiger partial charge in [0.05, 0.1) is 17.9 Å². The highest BCUT2D eigenvalue weighted by Gasteiger charge is 2.30. The van der Waals surface area contributed by atoms with Gasteiger partial charge in [-0.15, -0.1) is 11.3 Å². The van der Waals surface area contributed by atoms with Crippen molar-refractivity contribution in [2.75, 3.05) is 26.0 Å². The molecule has 152 valence electrons. The maximum atomic E-state index is 12.6. The van der Waals surface area contributed by atoms with Crippen molar-refractivity contribution in [2.24, 2.45) is 0 Å². The maximum absolute atomic E-state index is 12.6. The molecule has 1 aliphatic rings. The number of aromatic amines is 1. The quantitative estimate of drug-likeness (QED) is 0.640. The van der Waals surface area contributed by atoms with Crippen molar-refractivity contribution in [3.8, 4) is 11.3 Å². The van der Waals surface area contributed by atoms with E-state index in [0.29, 0.717) is 29.5 Å². The molecule has 0 aliphatic carbocycles. The molecule has 0 saturated carbocycles. The van der Waals surface area contributed by atoms with E-state index in [9.17, 15) is 13.2 Å². The van der Waals surface area contributed by atoms with Crippen LogP contribution < -0.4 is 5.32 Å². The summed E-state index contributed by atoms with van der Waals surface area (Å²) in [6.45, 7) is 0.622. The molecule has 3 aromatic rings. The predicted octanol–water partition coefficient (Wildman–Crippen LogP) is 1.95. The summed E-state index contributed by atoms with van der Waals surface area (Å²) in [6.07, 6.45) is 0.511. The second-order valence-corrected chi connectivity index (χ2v) is 9.98. The van der Waals surface area contributed by atoms with Gasteiger partial charge < -0.3 is 0 Å². The number of H-pyrrole nitrogens is 1. The number of anilines is 1. The second-order valence-electron chi connectivity index (χ2n) is 6.75. The van der Waals surface area contributed by atoms with Crippen LogP contribution in [0.4, 0.5) is 5.13 Å². The summed E-state index contributed by atoms with van der Waals surface area (Å²) >= 11 is 1.29. The summed E-state index contributed by atoms with van der Waals surface area (Å²) in [5.74, 6) is -0.344. The number of carbonyl (C=O) groups is 1. The molecule has 2 aromatic heterocycles. The van der Waals surface area contributed by atoms with Gasteiger partial charge in [-0.2, -0.15) is 22.1 Å². The summed E-state index contributed by atoms with van der Waals surface area (Å²) in [5.41, 5.74) is 2.74. The smallest absolute Gasteiger partial charge is 0.281 e. The highest BCUT2D eigenvalue weighted by atomic mass is 32.2. The highest BCUT2D eigenvalue weighted by Crippen LogP contribution is 2.30. The van der Waals surface area contributed by atoms with E-state index in [1.54, 1.807) is 6.07 Å². The van der Waals surface area contributed by atoms with Crippen LogP contribution >= 0.6 is 11.3 Å². The zero-order chi connectivity index (χ0) is 20.6. The van der Waals surface area contributed by atoms with Gasteiger partial charge in [-0.05, 0) is 6.07 Å². The molecular formula is C18H20N6O3S2. The van der Waals surface area contributed by atoms with E-state index in [1.807, 2.05) is 30.3 Å². The average Bonchev–Trinajstić information content (AvgIpc) is 3.34. The topological polar surface area (TPSA) is 111 Å². The number of rotatable bonds is 5. The van der Waals surface area contributed by atoms with E-state index >= 15 is 0 Å². The number of nitrogens with zero attached hydrogens (tertiary/aromatic N) is 4. The number of hydrogen-bond donors (Lipinski definition) is 2. The largest absolute Gasteiger partial charge is 0.296 e. The fraction of sp³-hybridized carbons (Fsp3) is 0.278. The minimum Gasteiger partial charge on any atom is -0.296 e. The zero-order valence-electron chi connectivity index (χ0n) is 15.9. The van der Waals surface area contributed by atoms with Gasteiger partial charge in [-0.25, -0.2) is 4.98 Å². The highest BCUT2D eigenvalue weighted by molar-refractivity contribution is 7.86.